The number of hydrogen-bond donors (Lipinski definition) is 1. The van der Waals surface area contributed by atoms with E-state index in [4.69, 9.17) is 13.7 Å². The van der Waals surface area contributed by atoms with Gasteiger partial charge in [0.1, 0.15) is 0 Å². The van der Waals surface area contributed by atoms with Crippen LogP contribution < -0.4 is 5.32 Å². The van der Waals surface area contributed by atoms with E-state index in [2.05, 4.69) is 5.32 Å². The third kappa shape index (κ3) is 16.2. The van der Waals surface area contributed by atoms with Crippen LogP contribution in [0.4, 0.5) is 0 Å². The van der Waals surface area contributed by atoms with Gasteiger partial charge in [-0.05, 0) is 38.4 Å². The Labute approximate surface area is 116 Å². The highest BCUT2D eigenvalue weighted by Crippen LogP contribution is 2.02. The van der Waals surface area contributed by atoms with Crippen molar-refractivity contribution in [3.63, 3.8) is 0 Å². The lowest BCUT2D eigenvalue weighted by atomic mass is 10.2. The first kappa shape index (κ1) is 18.2. The van der Waals surface area contributed by atoms with Crippen LogP contribution in [0.25, 0.3) is 0 Å². The molecule has 0 spiro atoms. The Hall–Kier alpha value is 0.190. The van der Waals surface area contributed by atoms with Crippen LogP contribution in [-0.2, 0) is 13.7 Å². The molecule has 0 unspecified atom stereocenters. The molecule has 4 nitrogen and oxygen atoms in total. The number of rotatable bonds is 15. The van der Waals surface area contributed by atoms with Gasteiger partial charge < -0.3 is 19.0 Å². The van der Waals surface area contributed by atoms with E-state index in [1.165, 1.54) is 37.7 Å². The molecule has 0 amide bonds. The SMILES string of the molecule is CCOCCOCCNCCCCCCOSC. The number of ether oxygens (including phenoxy) is 2. The standard InChI is InChI=1S/C13H29NO3S/c1-3-15-12-13-16-11-9-14-8-6-4-5-7-10-17-18-2/h14H,3-13H2,1-2H3. The number of hydrogen-bond acceptors (Lipinski definition) is 5. The van der Waals surface area contributed by atoms with Gasteiger partial charge in [-0.1, -0.05) is 12.8 Å². The molecule has 0 radical (unpaired) electrons. The van der Waals surface area contributed by atoms with Gasteiger partial charge in [0.05, 0.1) is 26.4 Å². The largest absolute Gasteiger partial charge is 0.379 e. The first-order valence-electron chi connectivity index (χ1n) is 6.93. The highest BCUT2D eigenvalue weighted by atomic mass is 32.2. The third-order valence-electron chi connectivity index (χ3n) is 2.45. The highest BCUT2D eigenvalue weighted by Gasteiger charge is 1.92. The highest BCUT2D eigenvalue weighted by molar-refractivity contribution is 7.93. The van der Waals surface area contributed by atoms with Crippen molar-refractivity contribution in [3.8, 4) is 0 Å². The fourth-order valence-electron chi connectivity index (χ4n) is 1.48. The van der Waals surface area contributed by atoms with Crippen LogP contribution in [0.3, 0.4) is 0 Å². The van der Waals surface area contributed by atoms with E-state index in [0.29, 0.717) is 13.2 Å². The van der Waals surface area contributed by atoms with Gasteiger partial charge in [0.2, 0.25) is 0 Å². The molecule has 0 aliphatic heterocycles. The third-order valence-corrected chi connectivity index (χ3v) is 2.85. The normalized spacial score (nSPS) is 11.0. The fourth-order valence-corrected chi connectivity index (χ4v) is 1.77. The Kier molecular flexibility index (Phi) is 17.4. The molecule has 0 atom stereocenters. The van der Waals surface area contributed by atoms with Crippen molar-refractivity contribution in [2.75, 3.05) is 52.4 Å². The molecule has 0 aliphatic rings. The zero-order valence-electron chi connectivity index (χ0n) is 11.9. The minimum atomic E-state index is 0.699. The number of nitrogens with one attached hydrogen (secondary N) is 1. The molecule has 5 heteroatoms. The van der Waals surface area contributed by atoms with Crippen LogP contribution in [0.2, 0.25) is 0 Å². The lowest BCUT2D eigenvalue weighted by molar-refractivity contribution is 0.0540. The van der Waals surface area contributed by atoms with Crippen LogP contribution >= 0.6 is 12.0 Å². The van der Waals surface area contributed by atoms with Gasteiger partial charge in [-0.25, -0.2) is 0 Å². The molecular formula is C13H29NO3S. The van der Waals surface area contributed by atoms with Crippen LogP contribution in [0.5, 0.6) is 0 Å². The van der Waals surface area contributed by atoms with Crippen molar-refractivity contribution in [1.29, 1.82) is 0 Å². The van der Waals surface area contributed by atoms with E-state index in [9.17, 15) is 0 Å². The maximum absolute atomic E-state index is 5.40. The van der Waals surface area contributed by atoms with Gasteiger partial charge in [-0.2, -0.15) is 0 Å². The molecule has 0 bridgehead atoms. The van der Waals surface area contributed by atoms with Crippen LogP contribution in [-0.4, -0.2) is 52.4 Å². The summed E-state index contributed by atoms with van der Waals surface area (Å²) in [5, 5.41) is 3.38. The summed E-state index contributed by atoms with van der Waals surface area (Å²) in [6, 6.07) is 0. The topological polar surface area (TPSA) is 39.7 Å². The first-order valence-corrected chi connectivity index (χ1v) is 8.08. The van der Waals surface area contributed by atoms with Crippen molar-refractivity contribution >= 4 is 12.0 Å². The smallest absolute Gasteiger partial charge is 0.0701 e. The van der Waals surface area contributed by atoms with Crippen molar-refractivity contribution in [3.05, 3.63) is 0 Å². The molecule has 0 aliphatic carbocycles. The van der Waals surface area contributed by atoms with Crippen LogP contribution in [0.1, 0.15) is 32.6 Å². The molecule has 0 aromatic carbocycles. The Morgan fingerprint density at radius 2 is 1.61 bits per heavy atom. The van der Waals surface area contributed by atoms with Gasteiger partial charge in [0, 0.05) is 19.4 Å². The molecule has 0 aromatic rings. The first-order chi connectivity index (χ1) is 8.91. The van der Waals surface area contributed by atoms with Gasteiger partial charge in [-0.3, -0.25) is 0 Å². The van der Waals surface area contributed by atoms with Crippen LogP contribution in [0, 0.1) is 0 Å². The lowest BCUT2D eigenvalue weighted by Crippen LogP contribution is -2.21. The molecular weight excluding hydrogens is 250 g/mol. The molecule has 110 valence electrons. The average Bonchev–Trinajstić information content (AvgIpc) is 2.39. The summed E-state index contributed by atoms with van der Waals surface area (Å²) in [7, 11) is 0. The second-order valence-corrected chi connectivity index (χ2v) is 4.53. The summed E-state index contributed by atoms with van der Waals surface area (Å²) in [4.78, 5) is 0. The van der Waals surface area contributed by atoms with Gasteiger partial charge >= 0.3 is 0 Å². The second-order valence-electron chi connectivity index (χ2n) is 3.96. The van der Waals surface area contributed by atoms with Gasteiger partial charge in [-0.15, -0.1) is 0 Å². The summed E-state index contributed by atoms with van der Waals surface area (Å²) < 4.78 is 15.8. The molecule has 0 fully saturated rings. The Morgan fingerprint density at radius 3 is 2.39 bits per heavy atom. The maximum atomic E-state index is 5.40. The summed E-state index contributed by atoms with van der Waals surface area (Å²) >= 11 is 1.45. The summed E-state index contributed by atoms with van der Waals surface area (Å²) in [5.41, 5.74) is 0. The maximum Gasteiger partial charge on any atom is 0.0701 e. The quantitative estimate of drug-likeness (QED) is 0.368. The molecule has 1 N–H and O–H groups in total. The number of unbranched alkanes of at least 4 members (excludes halogenated alkanes) is 3. The van der Waals surface area contributed by atoms with E-state index in [1.807, 2.05) is 13.2 Å². The van der Waals surface area contributed by atoms with E-state index >= 15 is 0 Å². The Balaban J connectivity index is 2.86. The Morgan fingerprint density at radius 1 is 0.833 bits per heavy atom. The summed E-state index contributed by atoms with van der Waals surface area (Å²) in [6.07, 6.45) is 6.89. The van der Waals surface area contributed by atoms with E-state index in [1.54, 1.807) is 0 Å². The Bertz CT molecular complexity index is 134. The average molecular weight is 279 g/mol. The monoisotopic (exact) mass is 279 g/mol. The van der Waals surface area contributed by atoms with Crippen molar-refractivity contribution in [1.82, 2.24) is 5.32 Å². The van der Waals surface area contributed by atoms with Crippen LogP contribution in [0.15, 0.2) is 0 Å². The summed E-state index contributed by atoms with van der Waals surface area (Å²) in [5.74, 6) is 0. The van der Waals surface area contributed by atoms with Crippen molar-refractivity contribution < 1.29 is 13.7 Å². The van der Waals surface area contributed by atoms with Crippen molar-refractivity contribution in [2.45, 2.75) is 32.6 Å². The zero-order chi connectivity index (χ0) is 13.3. The summed E-state index contributed by atoms with van der Waals surface area (Å²) in [6.45, 7) is 7.83. The van der Waals surface area contributed by atoms with E-state index in [-0.39, 0.29) is 0 Å². The fraction of sp³-hybridized carbons (Fsp3) is 1.00. The molecule has 0 heterocycles. The van der Waals surface area contributed by atoms with Gasteiger partial charge in [0.15, 0.2) is 0 Å². The predicted molar refractivity (Wildman–Crippen MR) is 78.1 cm³/mol. The molecule has 0 saturated heterocycles. The minimum Gasteiger partial charge on any atom is -0.379 e. The molecule has 0 aromatic heterocycles. The molecule has 0 rings (SSSR count). The van der Waals surface area contributed by atoms with Crippen molar-refractivity contribution in [2.24, 2.45) is 0 Å². The van der Waals surface area contributed by atoms with Gasteiger partial charge in [0.25, 0.3) is 0 Å². The second kappa shape index (κ2) is 17.2. The van der Waals surface area contributed by atoms with E-state index in [0.717, 1.165) is 32.9 Å². The zero-order valence-corrected chi connectivity index (χ0v) is 12.7. The molecule has 18 heavy (non-hydrogen) atoms. The van der Waals surface area contributed by atoms with E-state index < -0.39 is 0 Å². The minimum absolute atomic E-state index is 0.699. The molecule has 0 saturated carbocycles. The lowest BCUT2D eigenvalue weighted by Gasteiger charge is -2.06. The predicted octanol–water partition coefficient (Wildman–Crippen LogP) is 2.48.